The molecule has 4 heteroatoms. The first-order valence-corrected chi connectivity index (χ1v) is 4.51. The Bertz CT molecular complexity index is 287. The molecule has 3 nitrogen and oxygen atoms in total. The zero-order valence-electron chi connectivity index (χ0n) is 8.45. The molecular weight excluding hydrogens is 163 g/mol. The molecule has 1 aromatic heterocycles. The van der Waals surface area contributed by atoms with Crippen LogP contribution in [0.2, 0.25) is 6.32 Å². The summed E-state index contributed by atoms with van der Waals surface area (Å²) in [6, 6.07) is 0. The van der Waals surface area contributed by atoms with Crippen LogP contribution in [0.15, 0.2) is 12.4 Å². The first-order valence-electron chi connectivity index (χ1n) is 4.51. The van der Waals surface area contributed by atoms with Crippen molar-refractivity contribution in [2.24, 2.45) is 14.1 Å². The highest BCUT2D eigenvalue weighted by atomic mass is 16.1. The second kappa shape index (κ2) is 4.26. The summed E-state index contributed by atoms with van der Waals surface area (Å²) in [4.78, 5) is 11.1. The molecule has 70 valence electrons. The second-order valence-corrected chi connectivity index (χ2v) is 3.18. The Balaban J connectivity index is 2.58. The van der Waals surface area contributed by atoms with Gasteiger partial charge in [0.15, 0.2) is 0 Å². The van der Waals surface area contributed by atoms with Gasteiger partial charge in [-0.1, -0.05) is 6.92 Å². The maximum atomic E-state index is 11.1. The number of aromatic nitrogens is 2. The Labute approximate surface area is 79.6 Å². The topological polar surface area (TPSA) is 25.9 Å². The molecule has 2 radical (unpaired) electrons. The Morgan fingerprint density at radius 2 is 2.38 bits per heavy atom. The molecule has 0 aliphatic heterocycles. The summed E-state index contributed by atoms with van der Waals surface area (Å²) in [6.07, 6.45) is 5.09. The van der Waals surface area contributed by atoms with Gasteiger partial charge in [0.1, 0.15) is 12.4 Å². The van der Waals surface area contributed by atoms with Gasteiger partial charge in [0.25, 0.3) is 0 Å². The summed E-state index contributed by atoms with van der Waals surface area (Å²) in [6.45, 7) is 1.89. The summed E-state index contributed by atoms with van der Waals surface area (Å²) >= 11 is 0. The minimum absolute atomic E-state index is 0.279. The number of imidazole rings is 1. The third-order valence-electron chi connectivity index (χ3n) is 2.14. The van der Waals surface area contributed by atoms with E-state index >= 15 is 0 Å². The zero-order valence-corrected chi connectivity index (χ0v) is 8.45. The van der Waals surface area contributed by atoms with Crippen LogP contribution in [0.25, 0.3) is 0 Å². The zero-order chi connectivity index (χ0) is 9.84. The van der Waals surface area contributed by atoms with Crippen LogP contribution in [0.4, 0.5) is 0 Å². The number of hydrogen-bond acceptors (Lipinski definition) is 1. The summed E-state index contributed by atoms with van der Waals surface area (Å²) in [5.74, 6) is 0.279. The highest BCUT2D eigenvalue weighted by Gasteiger charge is 1.99. The molecule has 0 atom stereocenters. The van der Waals surface area contributed by atoms with Crippen molar-refractivity contribution in [3.8, 4) is 0 Å². The first kappa shape index (κ1) is 10.0. The van der Waals surface area contributed by atoms with Crippen LogP contribution in [0.3, 0.4) is 0 Å². The molecule has 1 rings (SSSR count). The molecule has 0 amide bonds. The SMILES string of the molecule is CCC(=O)C[B-]c1n(C)cc[n+]1C. The van der Waals surface area contributed by atoms with E-state index in [4.69, 9.17) is 0 Å². The van der Waals surface area contributed by atoms with Gasteiger partial charge in [0.2, 0.25) is 0 Å². The van der Waals surface area contributed by atoms with E-state index < -0.39 is 0 Å². The number of aryl methyl sites for hydroxylation is 2. The smallest absolute Gasteiger partial charge is 0.125 e. The lowest BCUT2D eigenvalue weighted by atomic mass is 9.71. The molecule has 0 spiro atoms. The van der Waals surface area contributed by atoms with E-state index in [0.29, 0.717) is 12.7 Å². The molecule has 0 fully saturated rings. The van der Waals surface area contributed by atoms with E-state index in [9.17, 15) is 4.79 Å². The molecule has 0 aromatic carbocycles. The highest BCUT2D eigenvalue weighted by molar-refractivity contribution is 6.54. The molecule has 1 heterocycles. The van der Waals surface area contributed by atoms with Crippen molar-refractivity contribution in [3.63, 3.8) is 0 Å². The minimum Gasteiger partial charge on any atom is -0.304 e. The predicted molar refractivity (Wildman–Crippen MR) is 52.1 cm³/mol. The van der Waals surface area contributed by atoms with Crippen LogP contribution < -0.4 is 10.3 Å². The van der Waals surface area contributed by atoms with Crippen molar-refractivity contribution in [2.45, 2.75) is 19.7 Å². The predicted octanol–water partition coefficient (Wildman–Crippen LogP) is -0.423. The van der Waals surface area contributed by atoms with Gasteiger partial charge in [-0.3, -0.25) is 9.13 Å². The van der Waals surface area contributed by atoms with E-state index in [-0.39, 0.29) is 5.78 Å². The molecule has 0 N–H and O–H groups in total. The van der Waals surface area contributed by atoms with Crippen LogP contribution in [0.5, 0.6) is 0 Å². The van der Waals surface area contributed by atoms with Gasteiger partial charge in [-0.05, 0) is 6.42 Å². The van der Waals surface area contributed by atoms with Gasteiger partial charge in [-0.25, -0.2) is 0 Å². The van der Waals surface area contributed by atoms with Gasteiger partial charge in [0, 0.05) is 5.72 Å². The Morgan fingerprint density at radius 1 is 1.69 bits per heavy atom. The fourth-order valence-electron chi connectivity index (χ4n) is 1.24. The van der Waals surface area contributed by atoms with E-state index in [1.807, 2.05) is 49.8 Å². The van der Waals surface area contributed by atoms with Crippen LogP contribution in [-0.4, -0.2) is 17.6 Å². The standard InChI is InChI=1S/C9H15BN2O/c1-4-8(13)7-10-9-11(2)5-6-12(9)3/h5-6H,4,7H2,1-3H3. The molecule has 0 unspecified atom stereocenters. The summed E-state index contributed by atoms with van der Waals surface area (Å²) in [7, 11) is 5.91. The van der Waals surface area contributed by atoms with E-state index in [1.54, 1.807) is 0 Å². The van der Waals surface area contributed by atoms with Crippen molar-refractivity contribution < 1.29 is 9.36 Å². The maximum Gasteiger partial charge on any atom is 0.125 e. The van der Waals surface area contributed by atoms with Gasteiger partial charge in [-0.15, -0.1) is 0 Å². The molecular formula is C9H15BN2O. The van der Waals surface area contributed by atoms with Crippen LogP contribution in [0, 0.1) is 0 Å². The molecule has 0 aliphatic rings. The second-order valence-electron chi connectivity index (χ2n) is 3.18. The molecule has 13 heavy (non-hydrogen) atoms. The van der Waals surface area contributed by atoms with Crippen molar-refractivity contribution in [3.05, 3.63) is 12.4 Å². The van der Waals surface area contributed by atoms with Crippen LogP contribution in [0.1, 0.15) is 13.3 Å². The largest absolute Gasteiger partial charge is 0.304 e. The maximum absolute atomic E-state index is 11.1. The minimum atomic E-state index is 0.279. The Hall–Kier alpha value is -1.06. The summed E-state index contributed by atoms with van der Waals surface area (Å²) in [5.41, 5.74) is 1.07. The molecule has 1 aromatic rings. The Morgan fingerprint density at radius 3 is 2.85 bits per heavy atom. The number of Topliss-reactive ketones (excluding diaryl/α,β-unsaturated/α-hetero) is 1. The number of nitrogens with zero attached hydrogens (tertiary/aromatic N) is 2. The monoisotopic (exact) mass is 178 g/mol. The van der Waals surface area contributed by atoms with E-state index in [1.165, 1.54) is 0 Å². The van der Waals surface area contributed by atoms with Crippen molar-refractivity contribution in [1.82, 2.24) is 4.57 Å². The lowest BCUT2D eigenvalue weighted by Crippen LogP contribution is -2.49. The van der Waals surface area contributed by atoms with E-state index in [2.05, 4.69) is 0 Å². The average molecular weight is 178 g/mol. The molecule has 0 saturated carbocycles. The van der Waals surface area contributed by atoms with Gasteiger partial charge in [-0.2, -0.15) is 13.6 Å². The molecule has 0 aliphatic carbocycles. The fourth-order valence-corrected chi connectivity index (χ4v) is 1.24. The third-order valence-corrected chi connectivity index (χ3v) is 2.14. The first-order chi connectivity index (χ1) is 6.15. The summed E-state index contributed by atoms with van der Waals surface area (Å²) in [5, 5.41) is 0. The van der Waals surface area contributed by atoms with Crippen LogP contribution in [-0.2, 0) is 18.9 Å². The lowest BCUT2D eigenvalue weighted by Gasteiger charge is -2.10. The average Bonchev–Trinajstić information content (AvgIpc) is 2.43. The Kier molecular flexibility index (Phi) is 3.28. The number of ketones is 1. The van der Waals surface area contributed by atoms with Crippen molar-refractivity contribution >= 4 is 18.8 Å². The molecule has 0 saturated heterocycles. The fraction of sp³-hybridized carbons (Fsp3) is 0.556. The van der Waals surface area contributed by atoms with Crippen LogP contribution >= 0.6 is 0 Å². The van der Waals surface area contributed by atoms with Crippen molar-refractivity contribution in [2.75, 3.05) is 0 Å². The van der Waals surface area contributed by atoms with Gasteiger partial charge in [0.05, 0.1) is 19.9 Å². The van der Waals surface area contributed by atoms with Gasteiger partial charge >= 0.3 is 0 Å². The quantitative estimate of drug-likeness (QED) is 0.454. The van der Waals surface area contributed by atoms with Gasteiger partial charge < -0.3 is 4.79 Å². The molecule has 0 bridgehead atoms. The number of hydrogen-bond donors (Lipinski definition) is 0. The van der Waals surface area contributed by atoms with Crippen molar-refractivity contribution in [1.29, 1.82) is 0 Å². The normalized spacial score (nSPS) is 10.4. The van der Waals surface area contributed by atoms with E-state index in [0.717, 1.165) is 5.72 Å². The number of carbonyl (C=O) groups excluding carboxylic acids is 1. The lowest BCUT2D eigenvalue weighted by molar-refractivity contribution is -0.653. The highest BCUT2D eigenvalue weighted by Crippen LogP contribution is 1.87. The number of carbonyl (C=O) groups is 1. The third kappa shape index (κ3) is 2.44. The number of rotatable bonds is 4. The summed E-state index contributed by atoms with van der Waals surface area (Å²) < 4.78 is 4.01.